The van der Waals surface area contributed by atoms with Crippen molar-refractivity contribution >= 4 is 17.3 Å². The fourth-order valence-corrected chi connectivity index (χ4v) is 1.47. The predicted molar refractivity (Wildman–Crippen MR) is 69.1 cm³/mol. The molecule has 1 aromatic rings. The van der Waals surface area contributed by atoms with Crippen LogP contribution in [0.5, 0.6) is 0 Å². The van der Waals surface area contributed by atoms with E-state index in [9.17, 15) is 19.3 Å². The number of halogens is 1. The highest BCUT2D eigenvalue weighted by Gasteiger charge is 2.20. The van der Waals surface area contributed by atoms with Crippen molar-refractivity contribution < 1.29 is 14.1 Å². The lowest BCUT2D eigenvalue weighted by Gasteiger charge is -2.17. The van der Waals surface area contributed by atoms with Gasteiger partial charge in [-0.3, -0.25) is 14.9 Å². The van der Waals surface area contributed by atoms with E-state index < -0.39 is 28.4 Å². The molecule has 0 aliphatic carbocycles. The van der Waals surface area contributed by atoms with Crippen molar-refractivity contribution in [2.45, 2.75) is 26.3 Å². The van der Waals surface area contributed by atoms with Crippen molar-refractivity contribution in [3.8, 4) is 0 Å². The molecule has 19 heavy (non-hydrogen) atoms. The smallest absolute Gasteiger partial charge is 0.304 e. The Morgan fingerprint density at radius 2 is 2.21 bits per heavy atom. The molecule has 0 heterocycles. The molecule has 0 radical (unpaired) electrons. The van der Waals surface area contributed by atoms with Crippen LogP contribution in [0.15, 0.2) is 18.2 Å². The van der Waals surface area contributed by atoms with Gasteiger partial charge >= 0.3 is 5.69 Å². The molecule has 0 spiro atoms. The third-order valence-corrected chi connectivity index (χ3v) is 2.97. The Morgan fingerprint density at radius 1 is 1.58 bits per heavy atom. The van der Waals surface area contributed by atoms with Gasteiger partial charge in [-0.2, -0.15) is 4.39 Å². The lowest BCUT2D eigenvalue weighted by Crippen LogP contribution is -2.40. The average Bonchev–Trinajstić information content (AvgIpc) is 2.36. The topological polar surface area (TPSA) is 98.3 Å². The van der Waals surface area contributed by atoms with Crippen LogP contribution in [0.2, 0.25) is 0 Å². The molecule has 1 rings (SSSR count). The minimum atomic E-state index is -1.00. The van der Waals surface area contributed by atoms with Gasteiger partial charge in [0.25, 0.3) is 0 Å². The summed E-state index contributed by atoms with van der Waals surface area (Å²) in [6.07, 6.45) is 0.739. The van der Waals surface area contributed by atoms with Crippen LogP contribution in [0.4, 0.5) is 15.8 Å². The van der Waals surface area contributed by atoms with Crippen LogP contribution >= 0.6 is 0 Å². The van der Waals surface area contributed by atoms with Crippen LogP contribution in [-0.4, -0.2) is 16.9 Å². The molecule has 0 aromatic heterocycles. The van der Waals surface area contributed by atoms with Gasteiger partial charge in [-0.15, -0.1) is 0 Å². The maximum atomic E-state index is 13.4. The molecule has 1 amide bonds. The number of nitrogens with one attached hydrogen (secondary N) is 1. The molecule has 1 aromatic carbocycles. The van der Waals surface area contributed by atoms with Gasteiger partial charge < -0.3 is 11.1 Å². The summed E-state index contributed by atoms with van der Waals surface area (Å²) in [6.45, 7) is 3.74. The summed E-state index contributed by atoms with van der Waals surface area (Å²) in [7, 11) is 0. The van der Waals surface area contributed by atoms with Crippen LogP contribution < -0.4 is 11.1 Å². The number of hydrogen-bond acceptors (Lipinski definition) is 4. The fraction of sp³-hybridized carbons (Fsp3) is 0.417. The lowest BCUT2D eigenvalue weighted by atomic mass is 9.99. The van der Waals surface area contributed by atoms with Crippen molar-refractivity contribution in [3.63, 3.8) is 0 Å². The number of amides is 1. The van der Waals surface area contributed by atoms with Crippen molar-refractivity contribution in [1.82, 2.24) is 0 Å². The van der Waals surface area contributed by atoms with E-state index in [2.05, 4.69) is 5.32 Å². The summed E-state index contributed by atoms with van der Waals surface area (Å²) in [5.74, 6) is -1.45. The number of carbonyl (C=O) groups is 1. The van der Waals surface area contributed by atoms with Crippen LogP contribution in [0.1, 0.15) is 20.3 Å². The summed E-state index contributed by atoms with van der Waals surface area (Å²) in [6, 6.07) is 2.46. The van der Waals surface area contributed by atoms with E-state index in [-0.39, 0.29) is 11.6 Å². The van der Waals surface area contributed by atoms with Gasteiger partial charge in [-0.1, -0.05) is 20.3 Å². The van der Waals surface area contributed by atoms with Gasteiger partial charge in [0.15, 0.2) is 0 Å². The summed E-state index contributed by atoms with van der Waals surface area (Å²) in [5.41, 5.74) is 5.23. The van der Waals surface area contributed by atoms with E-state index >= 15 is 0 Å². The molecule has 0 saturated heterocycles. The Labute approximate surface area is 109 Å². The minimum Gasteiger partial charge on any atom is -0.325 e. The molecular weight excluding hydrogens is 253 g/mol. The van der Waals surface area contributed by atoms with E-state index in [1.807, 2.05) is 13.8 Å². The van der Waals surface area contributed by atoms with E-state index in [1.54, 1.807) is 0 Å². The Morgan fingerprint density at radius 3 is 2.68 bits per heavy atom. The maximum Gasteiger partial charge on any atom is 0.304 e. The standard InChI is InChI=1S/C12H16FN3O3/c1-3-7(2)11(14)12(17)15-8-4-5-10(16(18)19)9(13)6-8/h4-7,11H,3,14H2,1-2H3,(H,15,17)/t7?,11-/m0/s1. The van der Waals surface area contributed by atoms with Crippen LogP contribution in [0.3, 0.4) is 0 Å². The van der Waals surface area contributed by atoms with Crippen LogP contribution in [-0.2, 0) is 4.79 Å². The van der Waals surface area contributed by atoms with Gasteiger partial charge in [0.1, 0.15) is 0 Å². The fourth-order valence-electron chi connectivity index (χ4n) is 1.47. The average molecular weight is 269 g/mol. The second-order valence-electron chi connectivity index (χ2n) is 4.32. The van der Waals surface area contributed by atoms with Crippen LogP contribution in [0.25, 0.3) is 0 Å². The zero-order valence-electron chi connectivity index (χ0n) is 10.7. The summed E-state index contributed by atoms with van der Waals surface area (Å²) in [4.78, 5) is 21.4. The molecule has 104 valence electrons. The number of rotatable bonds is 5. The molecule has 0 fully saturated rings. The number of benzene rings is 1. The molecule has 0 aliphatic rings. The molecule has 0 bridgehead atoms. The Hall–Kier alpha value is -2.02. The van der Waals surface area contributed by atoms with Crippen molar-refractivity contribution in [3.05, 3.63) is 34.1 Å². The first-order chi connectivity index (χ1) is 8.86. The Bertz CT molecular complexity index is 493. The molecule has 2 atom stereocenters. The molecule has 1 unspecified atom stereocenters. The van der Waals surface area contributed by atoms with E-state index in [0.29, 0.717) is 0 Å². The molecule has 3 N–H and O–H groups in total. The normalized spacial score (nSPS) is 13.7. The first-order valence-electron chi connectivity index (χ1n) is 5.87. The molecule has 0 saturated carbocycles. The highest BCUT2D eigenvalue weighted by molar-refractivity contribution is 5.94. The number of hydrogen-bond donors (Lipinski definition) is 2. The maximum absolute atomic E-state index is 13.4. The molecule has 6 nitrogen and oxygen atoms in total. The third-order valence-electron chi connectivity index (χ3n) is 2.97. The van der Waals surface area contributed by atoms with E-state index in [4.69, 9.17) is 5.73 Å². The zero-order valence-corrected chi connectivity index (χ0v) is 10.7. The number of carbonyl (C=O) groups excluding carboxylic acids is 1. The van der Waals surface area contributed by atoms with Gasteiger partial charge in [0.2, 0.25) is 11.7 Å². The predicted octanol–water partition coefficient (Wildman–Crippen LogP) is 2.05. The summed E-state index contributed by atoms with van der Waals surface area (Å²) < 4.78 is 13.4. The van der Waals surface area contributed by atoms with Crippen molar-refractivity contribution in [2.24, 2.45) is 11.7 Å². The summed E-state index contributed by atoms with van der Waals surface area (Å²) >= 11 is 0. The number of nitro groups is 1. The van der Waals surface area contributed by atoms with Crippen LogP contribution in [0, 0.1) is 21.8 Å². The molecule has 0 aliphatic heterocycles. The molecule has 7 heteroatoms. The second kappa shape index (κ2) is 6.24. The second-order valence-corrected chi connectivity index (χ2v) is 4.32. The monoisotopic (exact) mass is 269 g/mol. The van der Waals surface area contributed by atoms with Gasteiger partial charge in [0, 0.05) is 17.8 Å². The van der Waals surface area contributed by atoms with Crippen molar-refractivity contribution in [2.75, 3.05) is 5.32 Å². The summed E-state index contributed by atoms with van der Waals surface area (Å²) in [5, 5.41) is 12.9. The lowest BCUT2D eigenvalue weighted by molar-refractivity contribution is -0.387. The Balaban J connectivity index is 2.81. The first-order valence-corrected chi connectivity index (χ1v) is 5.87. The van der Waals surface area contributed by atoms with Gasteiger partial charge in [-0.05, 0) is 12.0 Å². The SMILES string of the molecule is CCC(C)[C@H](N)C(=O)Nc1ccc([N+](=O)[O-])c(F)c1. The minimum absolute atomic E-state index is 0.0112. The highest BCUT2D eigenvalue weighted by Crippen LogP contribution is 2.21. The molecular formula is C12H16FN3O3. The van der Waals surface area contributed by atoms with Gasteiger partial charge in [0.05, 0.1) is 11.0 Å². The number of anilines is 1. The Kier molecular flexibility index (Phi) is 4.94. The van der Waals surface area contributed by atoms with Gasteiger partial charge in [-0.25, -0.2) is 0 Å². The van der Waals surface area contributed by atoms with Crippen molar-refractivity contribution in [1.29, 1.82) is 0 Å². The van der Waals surface area contributed by atoms with E-state index in [1.165, 1.54) is 6.07 Å². The number of nitrogens with zero attached hydrogens (tertiary/aromatic N) is 1. The third kappa shape index (κ3) is 3.72. The quantitative estimate of drug-likeness (QED) is 0.631. The number of nitrogens with two attached hydrogens (primary N) is 1. The van der Waals surface area contributed by atoms with E-state index in [0.717, 1.165) is 18.6 Å². The number of nitro benzene ring substituents is 1. The largest absolute Gasteiger partial charge is 0.325 e. The zero-order chi connectivity index (χ0) is 14.6. The highest BCUT2D eigenvalue weighted by atomic mass is 19.1. The first kappa shape index (κ1) is 15.0.